The van der Waals surface area contributed by atoms with Gasteiger partial charge in [-0.25, -0.2) is 4.79 Å². The first-order chi connectivity index (χ1) is 8.11. The highest BCUT2D eigenvalue weighted by molar-refractivity contribution is 9.10. The number of hydrogen-bond donors (Lipinski definition) is 2. The average Bonchev–Trinajstić information content (AvgIpc) is 2.71. The molecule has 0 aliphatic rings. The van der Waals surface area contributed by atoms with Gasteiger partial charge in [0, 0.05) is 10.0 Å². The number of carbonyl (C=O) groups excluding carboxylic acids is 1. The number of aromatic nitrogens is 2. The zero-order chi connectivity index (χ0) is 12.4. The van der Waals surface area contributed by atoms with Crippen LogP contribution < -0.4 is 0 Å². The number of carbonyl (C=O) groups is 1. The second-order valence-electron chi connectivity index (χ2n) is 3.28. The Hall–Kier alpha value is -1.82. The van der Waals surface area contributed by atoms with Crippen molar-refractivity contribution in [2.45, 2.75) is 0 Å². The Morgan fingerprint density at radius 1 is 1.41 bits per heavy atom. The fourth-order valence-corrected chi connectivity index (χ4v) is 1.62. The van der Waals surface area contributed by atoms with Gasteiger partial charge in [0.15, 0.2) is 5.69 Å². The van der Waals surface area contributed by atoms with E-state index in [9.17, 15) is 9.90 Å². The summed E-state index contributed by atoms with van der Waals surface area (Å²) in [6.07, 6.45) is 0. The number of nitrogens with one attached hydrogen (secondary N) is 1. The average molecular weight is 297 g/mol. The first-order valence-electron chi connectivity index (χ1n) is 4.75. The Morgan fingerprint density at radius 3 is 2.65 bits per heavy atom. The van der Waals surface area contributed by atoms with Crippen molar-refractivity contribution in [3.63, 3.8) is 0 Å². The third kappa shape index (κ3) is 2.31. The number of aromatic hydroxyl groups is 1. The van der Waals surface area contributed by atoms with Crippen LogP contribution in [0, 0.1) is 0 Å². The number of hydrogen-bond acceptors (Lipinski definition) is 4. The molecule has 0 bridgehead atoms. The molecule has 0 saturated heterocycles. The smallest absolute Gasteiger partial charge is 0.360 e. The topological polar surface area (TPSA) is 75.2 Å². The maximum Gasteiger partial charge on any atom is 0.360 e. The molecular formula is C11H9BrN2O3. The lowest BCUT2D eigenvalue weighted by Gasteiger charge is -1.96. The quantitative estimate of drug-likeness (QED) is 0.834. The first kappa shape index (κ1) is 11.7. The van der Waals surface area contributed by atoms with Gasteiger partial charge < -0.3 is 14.8 Å². The van der Waals surface area contributed by atoms with E-state index < -0.39 is 5.97 Å². The number of benzene rings is 1. The van der Waals surface area contributed by atoms with Crippen molar-refractivity contribution in [2.24, 2.45) is 0 Å². The van der Waals surface area contributed by atoms with Gasteiger partial charge in [-0.05, 0) is 12.1 Å². The zero-order valence-electron chi connectivity index (χ0n) is 8.90. The van der Waals surface area contributed by atoms with Crippen LogP contribution >= 0.6 is 15.9 Å². The van der Waals surface area contributed by atoms with Crippen molar-refractivity contribution in [3.05, 3.63) is 34.4 Å². The van der Waals surface area contributed by atoms with Crippen LogP contribution in [0.25, 0.3) is 11.4 Å². The number of H-pyrrole nitrogens is 1. The van der Waals surface area contributed by atoms with E-state index in [1.54, 1.807) is 0 Å². The highest BCUT2D eigenvalue weighted by Gasteiger charge is 2.17. The molecule has 0 aliphatic heterocycles. The SMILES string of the molecule is COC(=O)c1[nH]c(-c2ccc(Br)cc2)nc1O. The minimum Gasteiger partial charge on any atom is -0.492 e. The second kappa shape index (κ2) is 4.58. The number of ether oxygens (including phenoxy) is 1. The summed E-state index contributed by atoms with van der Waals surface area (Å²) in [7, 11) is 1.24. The molecule has 1 aromatic carbocycles. The van der Waals surface area contributed by atoms with Gasteiger partial charge >= 0.3 is 5.97 Å². The lowest BCUT2D eigenvalue weighted by molar-refractivity contribution is 0.0591. The highest BCUT2D eigenvalue weighted by atomic mass is 79.9. The Morgan fingerprint density at radius 2 is 2.06 bits per heavy atom. The minimum atomic E-state index is -0.654. The van der Waals surface area contributed by atoms with E-state index in [-0.39, 0.29) is 11.6 Å². The van der Waals surface area contributed by atoms with Gasteiger partial charge in [-0.2, -0.15) is 4.98 Å². The number of imidazole rings is 1. The molecule has 2 aromatic rings. The van der Waals surface area contributed by atoms with Crippen LogP contribution in [-0.2, 0) is 4.74 Å². The molecule has 1 aromatic heterocycles. The normalized spacial score (nSPS) is 10.2. The summed E-state index contributed by atoms with van der Waals surface area (Å²) in [5, 5.41) is 9.50. The summed E-state index contributed by atoms with van der Waals surface area (Å²) in [4.78, 5) is 17.9. The Kier molecular flexibility index (Phi) is 3.14. The summed E-state index contributed by atoms with van der Waals surface area (Å²) in [5.41, 5.74) is 0.712. The van der Waals surface area contributed by atoms with Gasteiger partial charge in [0.25, 0.3) is 0 Å². The Balaban J connectivity index is 2.41. The molecule has 5 nitrogen and oxygen atoms in total. The lowest BCUT2D eigenvalue weighted by Crippen LogP contribution is -2.01. The van der Waals surface area contributed by atoms with E-state index in [0.717, 1.165) is 10.0 Å². The molecule has 0 radical (unpaired) electrons. The first-order valence-corrected chi connectivity index (χ1v) is 5.54. The van der Waals surface area contributed by atoms with Crippen molar-refractivity contribution < 1.29 is 14.6 Å². The standard InChI is InChI=1S/C11H9BrN2O3/c1-17-11(16)8-10(15)14-9(13-8)6-2-4-7(12)5-3-6/h2-5,15H,1H3,(H,13,14). The summed E-state index contributed by atoms with van der Waals surface area (Å²) in [6.45, 7) is 0. The zero-order valence-corrected chi connectivity index (χ0v) is 10.5. The molecule has 6 heteroatoms. The number of rotatable bonds is 2. The molecule has 88 valence electrons. The molecule has 0 saturated carbocycles. The number of aromatic amines is 1. The molecule has 0 unspecified atom stereocenters. The molecule has 17 heavy (non-hydrogen) atoms. The van der Waals surface area contributed by atoms with E-state index in [2.05, 4.69) is 30.6 Å². The fourth-order valence-electron chi connectivity index (χ4n) is 1.35. The third-order valence-electron chi connectivity index (χ3n) is 2.19. The molecule has 1 heterocycles. The van der Waals surface area contributed by atoms with E-state index >= 15 is 0 Å². The van der Waals surface area contributed by atoms with Crippen molar-refractivity contribution in [1.29, 1.82) is 0 Å². The van der Waals surface area contributed by atoms with Crippen LogP contribution in [-0.4, -0.2) is 28.2 Å². The molecule has 2 N–H and O–H groups in total. The largest absolute Gasteiger partial charge is 0.492 e. The van der Waals surface area contributed by atoms with Crippen molar-refractivity contribution in [1.82, 2.24) is 9.97 Å². The molecule has 0 fully saturated rings. The van der Waals surface area contributed by atoms with Crippen LogP contribution in [0.1, 0.15) is 10.5 Å². The van der Waals surface area contributed by atoms with Gasteiger partial charge in [0.05, 0.1) is 7.11 Å². The molecule has 0 atom stereocenters. The van der Waals surface area contributed by atoms with Crippen LogP contribution in [0.5, 0.6) is 5.88 Å². The molecule has 0 amide bonds. The van der Waals surface area contributed by atoms with Gasteiger partial charge in [0.1, 0.15) is 5.82 Å². The summed E-state index contributed by atoms with van der Waals surface area (Å²) in [6, 6.07) is 7.30. The monoisotopic (exact) mass is 296 g/mol. The molecule has 2 rings (SSSR count). The summed E-state index contributed by atoms with van der Waals surface area (Å²) < 4.78 is 5.44. The van der Waals surface area contributed by atoms with Crippen molar-refractivity contribution in [3.8, 4) is 17.3 Å². The molecule has 0 aliphatic carbocycles. The van der Waals surface area contributed by atoms with Gasteiger partial charge in [-0.3, -0.25) is 0 Å². The van der Waals surface area contributed by atoms with E-state index in [4.69, 9.17) is 0 Å². The number of halogens is 1. The Bertz CT molecular complexity index is 548. The number of esters is 1. The number of methoxy groups -OCH3 is 1. The fraction of sp³-hybridized carbons (Fsp3) is 0.0909. The highest BCUT2D eigenvalue weighted by Crippen LogP contribution is 2.23. The van der Waals surface area contributed by atoms with E-state index in [1.165, 1.54) is 7.11 Å². The van der Waals surface area contributed by atoms with E-state index in [0.29, 0.717) is 5.82 Å². The molecule has 0 spiro atoms. The van der Waals surface area contributed by atoms with Crippen molar-refractivity contribution >= 4 is 21.9 Å². The van der Waals surface area contributed by atoms with Gasteiger partial charge in [-0.15, -0.1) is 0 Å². The van der Waals surface area contributed by atoms with Crippen LogP contribution in [0.15, 0.2) is 28.7 Å². The van der Waals surface area contributed by atoms with Crippen molar-refractivity contribution in [2.75, 3.05) is 7.11 Å². The predicted octanol–water partition coefficient (Wildman–Crippen LogP) is 2.33. The Labute approximate surface area is 106 Å². The van der Waals surface area contributed by atoms with Crippen LogP contribution in [0.4, 0.5) is 0 Å². The maximum absolute atomic E-state index is 11.3. The van der Waals surface area contributed by atoms with Crippen LogP contribution in [0.2, 0.25) is 0 Å². The van der Waals surface area contributed by atoms with Gasteiger partial charge in [0.2, 0.25) is 5.88 Å². The van der Waals surface area contributed by atoms with Gasteiger partial charge in [-0.1, -0.05) is 28.1 Å². The second-order valence-corrected chi connectivity index (χ2v) is 4.20. The minimum absolute atomic E-state index is 0.0505. The lowest BCUT2D eigenvalue weighted by atomic mass is 10.2. The summed E-state index contributed by atoms with van der Waals surface area (Å²) >= 11 is 3.32. The third-order valence-corrected chi connectivity index (χ3v) is 2.72. The molecular weight excluding hydrogens is 288 g/mol. The van der Waals surface area contributed by atoms with Crippen LogP contribution in [0.3, 0.4) is 0 Å². The summed E-state index contributed by atoms with van der Waals surface area (Å²) in [5.74, 6) is -0.608. The predicted molar refractivity (Wildman–Crippen MR) is 64.7 cm³/mol. The van der Waals surface area contributed by atoms with E-state index in [1.807, 2.05) is 24.3 Å². The maximum atomic E-state index is 11.3. The number of nitrogens with zero attached hydrogens (tertiary/aromatic N) is 1.